The summed E-state index contributed by atoms with van der Waals surface area (Å²) in [6.45, 7) is 5.24. The minimum absolute atomic E-state index is 0.0418. The molecular weight excluding hydrogens is 659 g/mol. The number of hydrogen-bond donors (Lipinski definition) is 4. The van der Waals surface area contributed by atoms with E-state index in [1.165, 1.54) is 29.3 Å². The van der Waals surface area contributed by atoms with Crippen LogP contribution in [0, 0.1) is 23.6 Å². The second kappa shape index (κ2) is 12.8. The van der Waals surface area contributed by atoms with Gasteiger partial charge < -0.3 is 25.4 Å². The lowest BCUT2D eigenvalue weighted by atomic mass is 9.88. The molecule has 49 heavy (non-hydrogen) atoms. The molecule has 2 aliphatic heterocycles. The molecule has 6 rings (SSSR count). The van der Waals surface area contributed by atoms with E-state index in [4.69, 9.17) is 4.74 Å². The Bertz CT molecular complexity index is 1820. The van der Waals surface area contributed by atoms with E-state index in [0.29, 0.717) is 36.7 Å². The van der Waals surface area contributed by atoms with Crippen LogP contribution in [-0.2, 0) is 24.4 Å². The van der Waals surface area contributed by atoms with Crippen LogP contribution < -0.4 is 20.1 Å². The number of carbonyl (C=O) groups excluding carboxylic acids is 3. The van der Waals surface area contributed by atoms with Gasteiger partial charge in [0.05, 0.1) is 28.5 Å². The molecule has 3 fully saturated rings. The number of hydrogen-bond acceptors (Lipinski definition) is 9. The van der Waals surface area contributed by atoms with Gasteiger partial charge in [0.25, 0.3) is 5.91 Å². The van der Waals surface area contributed by atoms with E-state index in [1.54, 1.807) is 13.8 Å². The van der Waals surface area contributed by atoms with E-state index >= 15 is 0 Å². The number of allylic oxidation sites excluding steroid dienone is 1. The van der Waals surface area contributed by atoms with Crippen molar-refractivity contribution in [3.05, 3.63) is 42.4 Å². The van der Waals surface area contributed by atoms with Crippen molar-refractivity contribution >= 4 is 44.9 Å². The first-order chi connectivity index (χ1) is 23.1. The highest BCUT2D eigenvalue weighted by Crippen LogP contribution is 2.47. The Kier molecular flexibility index (Phi) is 9.05. The Morgan fingerprint density at radius 3 is 2.63 bits per heavy atom. The molecule has 2 saturated carbocycles. The fraction of sp³-hybridized carbons (Fsp3) is 0.576. The number of carboxylic acid groups (broad SMARTS) is 1. The quantitative estimate of drug-likeness (QED) is 0.325. The van der Waals surface area contributed by atoms with Crippen molar-refractivity contribution in [3.8, 4) is 5.88 Å². The van der Waals surface area contributed by atoms with E-state index in [-0.39, 0.29) is 31.2 Å². The lowest BCUT2D eigenvalue weighted by Crippen LogP contribution is -2.59. The molecule has 1 aromatic carbocycles. The maximum atomic E-state index is 14.2. The number of benzene rings is 1. The molecule has 264 valence electrons. The van der Waals surface area contributed by atoms with E-state index in [0.717, 1.165) is 6.42 Å². The zero-order valence-electron chi connectivity index (χ0n) is 27.5. The largest absolute Gasteiger partial charge is 0.471 e. The molecule has 2 aliphatic carbocycles. The second-order valence-corrected chi connectivity index (χ2v) is 16.4. The number of ether oxygens (including phenoxy) is 1. The highest BCUT2D eigenvalue weighted by molar-refractivity contribution is 7.91. The SMILES string of the molecule is C[C@@H]1CC/C=C\[C@@H]2C[C@@]2(C(=O)NS(=O)(=O)C2(C)CC2)NC(=O)[C@@H]2C[C@@H](Oc3cnc4cc(F)ccc4n3)CN2C(=O)[C@@H](NC(=O)O)[C@H](C)C1. The van der Waals surface area contributed by atoms with Crippen molar-refractivity contribution < 1.29 is 41.8 Å². The second-order valence-electron chi connectivity index (χ2n) is 14.2. The molecule has 0 unspecified atom stereocenters. The summed E-state index contributed by atoms with van der Waals surface area (Å²) >= 11 is 0. The standard InChI is InChI=1S/C33H41FN6O8S/c1-18-6-4-5-7-20-15-33(20,30(43)39-49(46,47)32(3)10-11-32)38-28(41)25-14-22(17-40(25)29(42)27(19(2)12-18)37-31(44)45)48-26-16-35-24-13-21(34)8-9-23(24)36-26/h5,7-9,13,16,18-20,22,25,27,37H,4,6,10-12,14-15,17H2,1-3H3,(H,38,41)(H,39,43)(H,44,45)/b7-5-/t18-,19-,20-,22-,25+,27+,33-/m1/s1. The fourth-order valence-electron chi connectivity index (χ4n) is 6.92. The van der Waals surface area contributed by atoms with Crippen molar-refractivity contribution in [2.24, 2.45) is 17.8 Å². The summed E-state index contributed by atoms with van der Waals surface area (Å²) in [5.74, 6) is -3.37. The van der Waals surface area contributed by atoms with Gasteiger partial charge in [-0.3, -0.25) is 19.1 Å². The molecule has 7 atom stereocenters. The number of amides is 4. The van der Waals surface area contributed by atoms with Gasteiger partial charge in [0.1, 0.15) is 29.5 Å². The molecule has 1 aromatic heterocycles. The van der Waals surface area contributed by atoms with Crippen LogP contribution in [0.5, 0.6) is 5.88 Å². The molecule has 3 heterocycles. The third-order valence-electron chi connectivity index (χ3n) is 10.3. The Labute approximate surface area is 283 Å². The first kappa shape index (κ1) is 34.5. The van der Waals surface area contributed by atoms with Crippen molar-refractivity contribution in [1.29, 1.82) is 0 Å². The van der Waals surface area contributed by atoms with Crippen molar-refractivity contribution in [2.45, 2.75) is 94.2 Å². The van der Waals surface area contributed by atoms with Gasteiger partial charge in [-0.25, -0.2) is 27.6 Å². The number of rotatable bonds is 6. The van der Waals surface area contributed by atoms with E-state index < -0.39 is 80.0 Å². The number of carbonyl (C=O) groups is 4. The number of nitrogens with one attached hydrogen (secondary N) is 3. The Hall–Kier alpha value is -4.34. The molecule has 0 bridgehead atoms. The van der Waals surface area contributed by atoms with Crippen LogP contribution in [0.3, 0.4) is 0 Å². The predicted molar refractivity (Wildman–Crippen MR) is 174 cm³/mol. The van der Waals surface area contributed by atoms with Crippen LogP contribution in [-0.4, -0.2) is 87.2 Å². The smallest absolute Gasteiger partial charge is 0.405 e. The van der Waals surface area contributed by atoms with Crippen LogP contribution in [0.25, 0.3) is 11.0 Å². The molecule has 4 aliphatic rings. The van der Waals surface area contributed by atoms with Gasteiger partial charge >= 0.3 is 6.09 Å². The molecule has 16 heteroatoms. The lowest BCUT2D eigenvalue weighted by molar-refractivity contribution is -0.142. The van der Waals surface area contributed by atoms with Crippen molar-refractivity contribution in [3.63, 3.8) is 0 Å². The van der Waals surface area contributed by atoms with Crippen LogP contribution in [0.2, 0.25) is 0 Å². The number of aromatic nitrogens is 2. The zero-order chi connectivity index (χ0) is 35.3. The number of nitrogens with zero attached hydrogens (tertiary/aromatic N) is 3. The third kappa shape index (κ3) is 7.05. The third-order valence-corrected chi connectivity index (χ3v) is 12.5. The topological polar surface area (TPSA) is 197 Å². The Morgan fingerprint density at radius 1 is 1.16 bits per heavy atom. The molecule has 14 nitrogen and oxygen atoms in total. The normalized spacial score (nSPS) is 32.0. The predicted octanol–water partition coefficient (Wildman–Crippen LogP) is 2.64. The summed E-state index contributed by atoms with van der Waals surface area (Å²) in [7, 11) is -4.01. The zero-order valence-corrected chi connectivity index (χ0v) is 28.3. The number of halogens is 1. The maximum absolute atomic E-state index is 14.2. The van der Waals surface area contributed by atoms with Gasteiger partial charge in [-0.15, -0.1) is 0 Å². The van der Waals surface area contributed by atoms with E-state index in [9.17, 15) is 37.1 Å². The molecular formula is C33H41FN6O8S. The number of sulfonamides is 1. The van der Waals surface area contributed by atoms with Crippen molar-refractivity contribution in [2.75, 3.05) is 6.54 Å². The maximum Gasteiger partial charge on any atom is 0.405 e. The summed E-state index contributed by atoms with van der Waals surface area (Å²) < 4.78 is 47.0. The van der Waals surface area contributed by atoms with Gasteiger partial charge in [-0.05, 0) is 69.4 Å². The molecule has 2 aromatic rings. The van der Waals surface area contributed by atoms with E-state index in [1.807, 2.05) is 19.1 Å². The summed E-state index contributed by atoms with van der Waals surface area (Å²) in [6, 6.07) is 1.53. The minimum atomic E-state index is -4.01. The van der Waals surface area contributed by atoms with Crippen LogP contribution >= 0.6 is 0 Å². The van der Waals surface area contributed by atoms with Gasteiger partial charge in [-0.1, -0.05) is 26.0 Å². The Morgan fingerprint density at radius 2 is 1.92 bits per heavy atom. The number of fused-ring (bicyclic) bond motifs is 3. The average Bonchev–Trinajstić information content (AvgIpc) is 3.91. The molecule has 0 spiro atoms. The summed E-state index contributed by atoms with van der Waals surface area (Å²) in [5.41, 5.74) is -0.887. The molecule has 4 amide bonds. The van der Waals surface area contributed by atoms with Crippen molar-refractivity contribution in [1.82, 2.24) is 30.2 Å². The summed E-state index contributed by atoms with van der Waals surface area (Å²) in [5, 5.41) is 14.8. The first-order valence-corrected chi connectivity index (χ1v) is 18.0. The molecule has 4 N–H and O–H groups in total. The fourth-order valence-corrected chi connectivity index (χ4v) is 8.24. The van der Waals surface area contributed by atoms with Gasteiger partial charge in [0, 0.05) is 18.4 Å². The first-order valence-electron chi connectivity index (χ1n) is 16.6. The Balaban J connectivity index is 1.32. The highest BCUT2D eigenvalue weighted by atomic mass is 32.2. The van der Waals surface area contributed by atoms with Crippen LogP contribution in [0.4, 0.5) is 9.18 Å². The minimum Gasteiger partial charge on any atom is -0.471 e. The molecule has 0 radical (unpaired) electrons. The van der Waals surface area contributed by atoms with E-state index in [2.05, 4.69) is 25.3 Å². The average molecular weight is 701 g/mol. The van der Waals surface area contributed by atoms with Gasteiger partial charge in [0.15, 0.2) is 0 Å². The summed E-state index contributed by atoms with van der Waals surface area (Å²) in [6.07, 6.45) is 5.69. The monoisotopic (exact) mass is 700 g/mol. The van der Waals surface area contributed by atoms with Crippen LogP contribution in [0.15, 0.2) is 36.5 Å². The van der Waals surface area contributed by atoms with Crippen LogP contribution in [0.1, 0.15) is 65.7 Å². The van der Waals surface area contributed by atoms with Gasteiger partial charge in [0.2, 0.25) is 27.7 Å². The highest BCUT2D eigenvalue weighted by Gasteiger charge is 2.63. The lowest BCUT2D eigenvalue weighted by Gasteiger charge is -2.32. The molecule has 1 saturated heterocycles. The summed E-state index contributed by atoms with van der Waals surface area (Å²) in [4.78, 5) is 63.8. The van der Waals surface area contributed by atoms with Gasteiger partial charge in [-0.2, -0.15) is 0 Å².